The van der Waals surface area contributed by atoms with Gasteiger partial charge in [-0.25, -0.2) is 19.4 Å². The number of unbranched alkanes of at least 4 members (excludes halogenated alkanes) is 3. The minimum Gasteiger partial charge on any atom is -0.449 e. The van der Waals surface area contributed by atoms with E-state index in [1.807, 2.05) is 6.92 Å². The van der Waals surface area contributed by atoms with Crippen molar-refractivity contribution in [3.8, 4) is 0 Å². The highest BCUT2D eigenvalue weighted by atomic mass is 16.7. The number of primary amides is 1. The summed E-state index contributed by atoms with van der Waals surface area (Å²) in [5.41, 5.74) is 5.00. The number of nitrogens with one attached hydrogen (secondary N) is 2. The topological polar surface area (TPSA) is 188 Å². The Bertz CT molecular complexity index is 811. The van der Waals surface area contributed by atoms with Crippen LogP contribution in [0.1, 0.15) is 59.3 Å². The number of carbonyl (C=O) groups excluding carboxylic acids is 5. The molecule has 196 valence electrons. The summed E-state index contributed by atoms with van der Waals surface area (Å²) in [6.45, 7) is 5.81. The summed E-state index contributed by atoms with van der Waals surface area (Å²) < 4.78 is 4.23. The van der Waals surface area contributed by atoms with E-state index in [0.717, 1.165) is 36.4 Å². The van der Waals surface area contributed by atoms with E-state index >= 15 is 0 Å². The Kier molecular flexibility index (Phi) is 12.4. The third-order valence-corrected chi connectivity index (χ3v) is 5.26. The molecule has 0 unspecified atom stereocenters. The number of urea groups is 1. The molecule has 1 aliphatic rings. The highest BCUT2D eigenvalue weighted by Crippen LogP contribution is 2.20. The van der Waals surface area contributed by atoms with Crippen molar-refractivity contribution >= 4 is 35.9 Å². The number of hydrogen-bond acceptors (Lipinski definition) is 8. The lowest BCUT2D eigenvalue weighted by atomic mass is 10.0. The van der Waals surface area contributed by atoms with Crippen molar-refractivity contribution in [3.63, 3.8) is 0 Å². The maximum Gasteiger partial charge on any atom is 0.513 e. The molecule has 0 aliphatic carbocycles. The third kappa shape index (κ3) is 9.73. The highest BCUT2D eigenvalue weighted by molar-refractivity contribution is 6.12. The van der Waals surface area contributed by atoms with Crippen molar-refractivity contribution < 1.29 is 38.6 Å². The number of nitrogens with zero attached hydrogens (tertiary/aromatic N) is 2. The lowest BCUT2D eigenvalue weighted by molar-refractivity contribution is -0.165. The Morgan fingerprint density at radius 3 is 2.23 bits per heavy atom. The van der Waals surface area contributed by atoms with Crippen LogP contribution in [0, 0.1) is 5.92 Å². The zero-order chi connectivity index (χ0) is 26.5. The van der Waals surface area contributed by atoms with Gasteiger partial charge in [-0.15, -0.1) is 0 Å². The number of esters is 1. The quantitative estimate of drug-likeness (QED) is 0.110. The van der Waals surface area contributed by atoms with Gasteiger partial charge < -0.3 is 26.2 Å². The molecule has 13 nitrogen and oxygen atoms in total. The monoisotopic (exact) mass is 497 g/mol. The molecule has 0 saturated heterocycles. The van der Waals surface area contributed by atoms with Gasteiger partial charge in [-0.05, 0) is 25.2 Å². The third-order valence-electron chi connectivity index (χ3n) is 5.26. The van der Waals surface area contributed by atoms with Crippen LogP contribution in [0.4, 0.5) is 9.59 Å². The molecule has 0 saturated carbocycles. The van der Waals surface area contributed by atoms with Crippen LogP contribution in [0.25, 0.3) is 0 Å². The van der Waals surface area contributed by atoms with Crippen LogP contribution in [-0.2, 0) is 23.9 Å². The molecule has 2 atom stereocenters. The molecule has 0 aromatic rings. The molecule has 0 aromatic heterocycles. The standard InChI is InChI=1S/C22H35N5O8/c1-4-5-6-7-13-26(27-16(28)10-11-17(27)29)18(14(2)3)19(30)25-15(20(31)35-22(33)34)9-8-12-24-21(23)32/h10-11,14-15,18H,4-9,12-13H2,1-3H3,(H,25,30)(H,33,34)(H3,23,24,32)/t15-,18-/m0/s1. The number of hydrogen-bond donors (Lipinski definition) is 4. The van der Waals surface area contributed by atoms with Gasteiger partial charge in [-0.3, -0.25) is 14.4 Å². The van der Waals surface area contributed by atoms with Gasteiger partial charge in [0.2, 0.25) is 5.91 Å². The minimum absolute atomic E-state index is 0.0530. The number of nitrogens with two attached hydrogens (primary N) is 1. The van der Waals surface area contributed by atoms with Gasteiger partial charge in [0, 0.05) is 25.2 Å². The first-order valence-corrected chi connectivity index (χ1v) is 11.6. The van der Waals surface area contributed by atoms with E-state index in [1.165, 1.54) is 5.01 Å². The van der Waals surface area contributed by atoms with Crippen LogP contribution in [0.3, 0.4) is 0 Å². The van der Waals surface area contributed by atoms with Gasteiger partial charge in [0.15, 0.2) is 0 Å². The van der Waals surface area contributed by atoms with E-state index < -0.39 is 53.9 Å². The maximum absolute atomic E-state index is 13.4. The van der Waals surface area contributed by atoms with Crippen molar-refractivity contribution in [1.82, 2.24) is 20.7 Å². The Balaban J connectivity index is 3.12. The van der Waals surface area contributed by atoms with Gasteiger partial charge in [0.25, 0.3) is 11.8 Å². The number of carbonyl (C=O) groups is 6. The molecular weight excluding hydrogens is 462 g/mol. The predicted molar refractivity (Wildman–Crippen MR) is 123 cm³/mol. The Hall–Kier alpha value is -3.48. The molecule has 0 bridgehead atoms. The van der Waals surface area contributed by atoms with Crippen molar-refractivity contribution in [2.45, 2.75) is 71.4 Å². The summed E-state index contributed by atoms with van der Waals surface area (Å²) in [5, 5.41) is 16.0. The Labute approximate surface area is 204 Å². The lowest BCUT2D eigenvalue weighted by Gasteiger charge is -2.38. The molecule has 1 rings (SSSR count). The molecular formula is C22H35N5O8. The molecule has 0 aromatic carbocycles. The molecule has 0 radical (unpaired) electrons. The van der Waals surface area contributed by atoms with Crippen molar-refractivity contribution in [1.29, 1.82) is 0 Å². The van der Waals surface area contributed by atoms with E-state index in [4.69, 9.17) is 10.8 Å². The summed E-state index contributed by atoms with van der Waals surface area (Å²) in [7, 11) is 0. The average Bonchev–Trinajstić information content (AvgIpc) is 3.09. The van der Waals surface area contributed by atoms with Crippen molar-refractivity contribution in [2.75, 3.05) is 13.1 Å². The van der Waals surface area contributed by atoms with Gasteiger partial charge >= 0.3 is 18.2 Å². The fourth-order valence-electron chi connectivity index (χ4n) is 3.67. The van der Waals surface area contributed by atoms with Gasteiger partial charge in [0.05, 0.1) is 0 Å². The number of amides is 5. The van der Waals surface area contributed by atoms with Gasteiger partial charge in [-0.1, -0.05) is 40.0 Å². The molecule has 5 N–H and O–H groups in total. The van der Waals surface area contributed by atoms with Crippen LogP contribution in [0.2, 0.25) is 0 Å². The van der Waals surface area contributed by atoms with E-state index in [2.05, 4.69) is 15.4 Å². The van der Waals surface area contributed by atoms with Crippen LogP contribution in [0.15, 0.2) is 12.2 Å². The average molecular weight is 498 g/mol. The predicted octanol–water partition coefficient (Wildman–Crippen LogP) is 0.888. The SMILES string of the molecule is CCCCCCN([C@H](C(=O)N[C@@H](CCCNC(N)=O)C(=O)OC(=O)O)C(C)C)N1C(=O)C=CC1=O. The molecule has 1 heterocycles. The fraction of sp³-hybridized carbons (Fsp3) is 0.636. The smallest absolute Gasteiger partial charge is 0.449 e. The van der Waals surface area contributed by atoms with Gasteiger partial charge in [-0.2, -0.15) is 5.01 Å². The number of rotatable bonds is 15. The first kappa shape index (κ1) is 29.6. The van der Waals surface area contributed by atoms with Crippen LogP contribution in [0.5, 0.6) is 0 Å². The summed E-state index contributed by atoms with van der Waals surface area (Å²) in [6.07, 6.45) is 3.89. The summed E-state index contributed by atoms with van der Waals surface area (Å²) in [4.78, 5) is 72.2. The second-order valence-electron chi connectivity index (χ2n) is 8.42. The zero-order valence-corrected chi connectivity index (χ0v) is 20.3. The van der Waals surface area contributed by atoms with Crippen molar-refractivity contribution in [3.05, 3.63) is 12.2 Å². The first-order valence-electron chi connectivity index (χ1n) is 11.6. The van der Waals surface area contributed by atoms with Gasteiger partial charge in [0.1, 0.15) is 12.1 Å². The van der Waals surface area contributed by atoms with Crippen LogP contribution in [-0.4, -0.2) is 76.2 Å². The van der Waals surface area contributed by atoms with E-state index in [0.29, 0.717) is 6.42 Å². The molecule has 13 heteroatoms. The second kappa shape index (κ2) is 14.7. The number of carboxylic acid groups (broad SMARTS) is 1. The summed E-state index contributed by atoms with van der Waals surface area (Å²) >= 11 is 0. The first-order chi connectivity index (χ1) is 16.5. The zero-order valence-electron chi connectivity index (χ0n) is 20.3. The van der Waals surface area contributed by atoms with Crippen LogP contribution >= 0.6 is 0 Å². The Morgan fingerprint density at radius 2 is 1.71 bits per heavy atom. The van der Waals surface area contributed by atoms with Crippen LogP contribution < -0.4 is 16.4 Å². The van der Waals surface area contributed by atoms with Crippen molar-refractivity contribution in [2.24, 2.45) is 11.7 Å². The molecule has 35 heavy (non-hydrogen) atoms. The minimum atomic E-state index is -1.83. The molecule has 1 aliphatic heterocycles. The number of hydrazine groups is 1. The maximum atomic E-state index is 13.4. The second-order valence-corrected chi connectivity index (χ2v) is 8.42. The Morgan fingerprint density at radius 1 is 1.09 bits per heavy atom. The summed E-state index contributed by atoms with van der Waals surface area (Å²) in [6, 6.07) is -3.14. The van der Waals surface area contributed by atoms with E-state index in [9.17, 15) is 28.8 Å². The fourth-order valence-corrected chi connectivity index (χ4v) is 3.67. The molecule has 0 spiro atoms. The highest BCUT2D eigenvalue weighted by Gasteiger charge is 2.40. The number of imide groups is 1. The van der Waals surface area contributed by atoms with E-state index in [1.54, 1.807) is 13.8 Å². The lowest BCUT2D eigenvalue weighted by Crippen LogP contribution is -2.60. The van der Waals surface area contributed by atoms with E-state index in [-0.39, 0.29) is 25.9 Å². The largest absolute Gasteiger partial charge is 0.513 e. The summed E-state index contributed by atoms with van der Waals surface area (Å²) in [5.74, 6) is -3.43. The molecule has 5 amide bonds. The number of ether oxygens (including phenoxy) is 1. The molecule has 0 fully saturated rings. The normalized spacial score (nSPS) is 14.8.